The van der Waals surface area contributed by atoms with Crippen molar-refractivity contribution in [2.75, 3.05) is 32.4 Å². The molecule has 3 nitrogen and oxygen atoms in total. The van der Waals surface area contributed by atoms with E-state index < -0.39 is 9.35 Å². The van der Waals surface area contributed by atoms with Gasteiger partial charge >= 0.3 is 0 Å². The number of likely N-dealkylation sites (tertiary alicyclic amines) is 1. The van der Waals surface area contributed by atoms with E-state index in [1.165, 1.54) is 51.8 Å². The van der Waals surface area contributed by atoms with Gasteiger partial charge in [0.05, 0.1) is 15.2 Å². The monoisotopic (exact) mass is 389 g/mol. The fourth-order valence-corrected chi connectivity index (χ4v) is 11.1. The highest BCUT2D eigenvalue weighted by molar-refractivity contribution is 8.57. The lowest BCUT2D eigenvalue weighted by Gasteiger charge is -2.52. The number of aromatic nitrogens is 1. The SMILES string of the molecule is C[C@H]1CC[SH]2(c3ccc4sc(C5CCN(C)C[C@@H]5C)nc4c3)(C=C2)NC1. The van der Waals surface area contributed by atoms with Crippen molar-refractivity contribution in [3.63, 3.8) is 0 Å². The molecular formula is C21H31N3S2. The van der Waals surface area contributed by atoms with Gasteiger partial charge in [0.15, 0.2) is 0 Å². The fourth-order valence-electron chi connectivity index (χ4n) is 4.95. The van der Waals surface area contributed by atoms with Gasteiger partial charge in [-0.25, -0.2) is 4.98 Å². The van der Waals surface area contributed by atoms with Crippen LogP contribution >= 0.6 is 20.7 Å². The van der Waals surface area contributed by atoms with Gasteiger partial charge in [-0.05, 0) is 77.9 Å². The highest BCUT2D eigenvalue weighted by Crippen LogP contribution is 2.85. The number of piperidine rings is 1. The van der Waals surface area contributed by atoms with E-state index in [9.17, 15) is 0 Å². The summed E-state index contributed by atoms with van der Waals surface area (Å²) < 4.78 is 5.35. The van der Waals surface area contributed by atoms with Gasteiger partial charge in [0.1, 0.15) is 0 Å². The molecule has 0 saturated carbocycles. The topological polar surface area (TPSA) is 28.2 Å². The van der Waals surface area contributed by atoms with Crippen LogP contribution in [0.3, 0.4) is 0 Å². The van der Waals surface area contributed by atoms with Crippen LogP contribution in [0.25, 0.3) is 10.2 Å². The molecule has 5 heteroatoms. The summed E-state index contributed by atoms with van der Waals surface area (Å²) in [5.41, 5.74) is 1.22. The highest BCUT2D eigenvalue weighted by atomic mass is 32.3. The van der Waals surface area contributed by atoms with E-state index in [0.717, 1.165) is 12.5 Å². The van der Waals surface area contributed by atoms with Gasteiger partial charge in [-0.2, -0.15) is 9.35 Å². The quantitative estimate of drug-likeness (QED) is 0.722. The van der Waals surface area contributed by atoms with Gasteiger partial charge in [0, 0.05) is 19.0 Å². The standard InChI is InChI=1S/C21H31N3S2/c1-15-7-9-26(10-11-26,22-13-15)17-4-5-20-19(12-17)23-21(25-20)18-6-8-24(3)14-16(18)2/h4-5,10-12,15-16,18,22,26H,6-9,13-14H2,1-3H3/t15-,16-,18?/m0/s1. The van der Waals surface area contributed by atoms with Crippen LogP contribution in [0.1, 0.15) is 37.6 Å². The van der Waals surface area contributed by atoms with E-state index in [0.29, 0.717) is 11.8 Å². The van der Waals surface area contributed by atoms with Crippen LogP contribution in [0.15, 0.2) is 33.9 Å². The smallest absolute Gasteiger partial charge is 0.0973 e. The molecule has 26 heavy (non-hydrogen) atoms. The van der Waals surface area contributed by atoms with Crippen molar-refractivity contribution in [3.8, 4) is 0 Å². The summed E-state index contributed by atoms with van der Waals surface area (Å²) in [6, 6.07) is 7.14. The molecule has 0 aliphatic carbocycles. The summed E-state index contributed by atoms with van der Waals surface area (Å²) in [7, 11) is 0.236. The third-order valence-corrected chi connectivity index (χ3v) is 13.1. The lowest BCUT2D eigenvalue weighted by molar-refractivity contribution is 0.195. The minimum atomic E-state index is -2.00. The Kier molecular flexibility index (Phi) is 3.85. The van der Waals surface area contributed by atoms with Crippen LogP contribution in [0.2, 0.25) is 0 Å². The first-order valence-corrected chi connectivity index (χ1v) is 13.4. The molecule has 1 N–H and O–H groups in total. The van der Waals surface area contributed by atoms with Crippen molar-refractivity contribution in [1.82, 2.24) is 14.6 Å². The molecule has 4 heterocycles. The Morgan fingerprint density at radius 2 is 2.08 bits per heavy atom. The number of hydrogen-bond acceptors (Lipinski definition) is 4. The Bertz CT molecular complexity index is 869. The maximum absolute atomic E-state index is 5.14. The molecule has 3 aliphatic heterocycles. The molecule has 3 aliphatic rings. The minimum Gasteiger partial charge on any atom is -0.306 e. The van der Waals surface area contributed by atoms with Gasteiger partial charge in [-0.3, -0.25) is 4.72 Å². The number of benzene rings is 1. The number of thiol groups is 1. The minimum absolute atomic E-state index is 0.628. The number of thiazole rings is 1. The predicted molar refractivity (Wildman–Crippen MR) is 117 cm³/mol. The molecule has 2 saturated heterocycles. The Hall–Kier alpha value is -0.880. The summed E-state index contributed by atoms with van der Waals surface area (Å²) in [5.74, 6) is 3.43. The third-order valence-electron chi connectivity index (χ3n) is 7.00. The maximum Gasteiger partial charge on any atom is 0.0973 e. The maximum atomic E-state index is 5.14. The number of nitrogens with zero attached hydrogens (tertiary/aromatic N) is 2. The Morgan fingerprint density at radius 1 is 1.23 bits per heavy atom. The summed E-state index contributed by atoms with van der Waals surface area (Å²) in [6.07, 6.45) is 2.58. The van der Waals surface area contributed by atoms with Crippen molar-refractivity contribution in [2.24, 2.45) is 11.8 Å². The van der Waals surface area contributed by atoms with E-state index in [2.05, 4.69) is 59.5 Å². The highest BCUT2D eigenvalue weighted by Gasteiger charge is 2.48. The fraction of sp³-hybridized carbons (Fsp3) is 0.571. The number of hydrogen-bond donors (Lipinski definition) is 2. The third kappa shape index (κ3) is 2.59. The van der Waals surface area contributed by atoms with Crippen LogP contribution in [0, 0.1) is 11.8 Å². The van der Waals surface area contributed by atoms with Crippen LogP contribution in [-0.4, -0.2) is 42.3 Å². The molecule has 1 spiro atoms. The van der Waals surface area contributed by atoms with E-state index in [1.807, 2.05) is 11.3 Å². The van der Waals surface area contributed by atoms with Gasteiger partial charge in [0.2, 0.25) is 0 Å². The van der Waals surface area contributed by atoms with Gasteiger partial charge in [-0.1, -0.05) is 13.8 Å². The summed E-state index contributed by atoms with van der Waals surface area (Å²) in [6.45, 7) is 8.28. The summed E-state index contributed by atoms with van der Waals surface area (Å²) >= 11 is 1.93. The van der Waals surface area contributed by atoms with E-state index >= 15 is 0 Å². The normalized spacial score (nSPS) is 34.6. The first-order valence-electron chi connectivity index (χ1n) is 10.0. The van der Waals surface area contributed by atoms with Gasteiger partial charge in [-0.15, -0.1) is 11.3 Å². The predicted octanol–water partition coefficient (Wildman–Crippen LogP) is 4.81. The average molecular weight is 390 g/mol. The van der Waals surface area contributed by atoms with Crippen LogP contribution in [0.4, 0.5) is 0 Å². The van der Waals surface area contributed by atoms with Crippen molar-refractivity contribution < 1.29 is 0 Å². The Balaban J connectivity index is 1.48. The van der Waals surface area contributed by atoms with Crippen LogP contribution in [0.5, 0.6) is 0 Å². The summed E-state index contributed by atoms with van der Waals surface area (Å²) in [4.78, 5) is 9.11. The van der Waals surface area contributed by atoms with Gasteiger partial charge in [0.25, 0.3) is 0 Å². The van der Waals surface area contributed by atoms with Crippen molar-refractivity contribution in [2.45, 2.75) is 37.5 Å². The van der Waals surface area contributed by atoms with Crippen LogP contribution in [-0.2, 0) is 0 Å². The average Bonchev–Trinajstić information content (AvgIpc) is 3.19. The number of nitrogens with one attached hydrogen (secondary N) is 1. The molecule has 0 bridgehead atoms. The molecule has 0 radical (unpaired) electrons. The molecule has 1 unspecified atom stereocenters. The Morgan fingerprint density at radius 3 is 2.77 bits per heavy atom. The van der Waals surface area contributed by atoms with E-state index in [-0.39, 0.29) is 0 Å². The molecule has 142 valence electrons. The zero-order valence-electron chi connectivity index (χ0n) is 16.1. The van der Waals surface area contributed by atoms with Crippen molar-refractivity contribution in [1.29, 1.82) is 0 Å². The van der Waals surface area contributed by atoms with Gasteiger partial charge < -0.3 is 4.90 Å². The zero-order valence-corrected chi connectivity index (χ0v) is 17.8. The van der Waals surface area contributed by atoms with Crippen molar-refractivity contribution in [3.05, 3.63) is 34.0 Å². The molecule has 2 aromatic rings. The second kappa shape index (κ2) is 5.81. The molecular weight excluding hydrogens is 358 g/mol. The first-order chi connectivity index (χ1) is 12.5. The first kappa shape index (κ1) is 17.2. The van der Waals surface area contributed by atoms with Crippen LogP contribution < -0.4 is 4.72 Å². The lowest BCUT2D eigenvalue weighted by atomic mass is 9.88. The number of fused-ring (bicyclic) bond motifs is 1. The van der Waals surface area contributed by atoms with E-state index in [4.69, 9.17) is 4.98 Å². The second-order valence-electron chi connectivity index (χ2n) is 9.08. The van der Waals surface area contributed by atoms with E-state index in [1.54, 1.807) is 0 Å². The molecule has 0 amide bonds. The largest absolute Gasteiger partial charge is 0.306 e. The molecule has 1 aromatic heterocycles. The zero-order chi connectivity index (χ0) is 18.0. The summed E-state index contributed by atoms with van der Waals surface area (Å²) in [5, 5.41) is 6.37. The van der Waals surface area contributed by atoms with Crippen molar-refractivity contribution >= 4 is 30.9 Å². The molecule has 1 aromatic carbocycles. The molecule has 5 rings (SSSR count). The lowest BCUT2D eigenvalue weighted by Crippen LogP contribution is -2.36. The molecule has 2 fully saturated rings. The molecule has 3 atom stereocenters. The number of rotatable bonds is 2. The Labute approximate surface area is 161 Å². The second-order valence-corrected chi connectivity index (χ2v) is 14.9.